The van der Waals surface area contributed by atoms with E-state index >= 15 is 0 Å². The minimum absolute atomic E-state index is 0.325. The first-order valence-corrected chi connectivity index (χ1v) is 7.03. The second-order valence-corrected chi connectivity index (χ2v) is 5.40. The van der Waals surface area contributed by atoms with Crippen molar-refractivity contribution in [3.05, 3.63) is 10.5 Å². The van der Waals surface area contributed by atoms with Gasteiger partial charge in [0.1, 0.15) is 4.34 Å². The summed E-state index contributed by atoms with van der Waals surface area (Å²) < 4.78 is 0.463. The van der Waals surface area contributed by atoms with Crippen LogP contribution in [0.3, 0.4) is 0 Å². The van der Waals surface area contributed by atoms with E-state index in [1.807, 2.05) is 0 Å². The van der Waals surface area contributed by atoms with Crippen LogP contribution >= 0.6 is 22.9 Å². The van der Waals surface area contributed by atoms with E-state index < -0.39 is 11.8 Å². The predicted molar refractivity (Wildman–Crippen MR) is 72.9 cm³/mol. The summed E-state index contributed by atoms with van der Waals surface area (Å²) in [5.74, 6) is -1.35. The van der Waals surface area contributed by atoms with Crippen molar-refractivity contribution in [1.29, 1.82) is 0 Å². The minimum Gasteiger partial charge on any atom is -0.348 e. The van der Waals surface area contributed by atoms with Crippen LogP contribution < -0.4 is 10.6 Å². The average Bonchev–Trinajstić information content (AvgIpc) is 2.74. The first kappa shape index (κ1) is 14.9. The first-order chi connectivity index (χ1) is 8.63. The number of thiazole rings is 1. The Morgan fingerprint density at radius 1 is 1.33 bits per heavy atom. The van der Waals surface area contributed by atoms with E-state index in [1.54, 1.807) is 0 Å². The molecule has 2 N–H and O–H groups in total. The van der Waals surface area contributed by atoms with Crippen LogP contribution in [-0.4, -0.2) is 23.3 Å². The van der Waals surface area contributed by atoms with E-state index in [2.05, 4.69) is 22.5 Å². The molecule has 0 saturated heterocycles. The molecule has 1 aromatic heterocycles. The molecule has 0 atom stereocenters. The van der Waals surface area contributed by atoms with Crippen LogP contribution in [0.4, 0.5) is 5.13 Å². The fraction of sp³-hybridized carbons (Fsp3) is 0.545. The van der Waals surface area contributed by atoms with Gasteiger partial charge in [0.05, 0.1) is 6.20 Å². The van der Waals surface area contributed by atoms with Crippen LogP contribution in [0.2, 0.25) is 4.34 Å². The molecule has 1 rings (SSSR count). The smallest absolute Gasteiger partial charge is 0.315 e. The molecule has 18 heavy (non-hydrogen) atoms. The molecular formula is C11H16ClN3O2S. The molecule has 0 saturated carbocycles. The van der Waals surface area contributed by atoms with Crippen LogP contribution in [-0.2, 0) is 9.59 Å². The fourth-order valence-electron chi connectivity index (χ4n) is 1.30. The number of rotatable bonds is 6. The Morgan fingerprint density at radius 2 is 2.11 bits per heavy atom. The summed E-state index contributed by atoms with van der Waals surface area (Å²) in [5.41, 5.74) is 0. The highest BCUT2D eigenvalue weighted by Crippen LogP contribution is 2.22. The van der Waals surface area contributed by atoms with E-state index in [4.69, 9.17) is 11.6 Å². The van der Waals surface area contributed by atoms with Crippen molar-refractivity contribution in [1.82, 2.24) is 10.3 Å². The average molecular weight is 290 g/mol. The molecule has 7 heteroatoms. The van der Waals surface area contributed by atoms with E-state index in [0.717, 1.165) is 37.0 Å². The molecule has 0 fully saturated rings. The van der Waals surface area contributed by atoms with Gasteiger partial charge in [-0.25, -0.2) is 4.98 Å². The highest BCUT2D eigenvalue weighted by atomic mass is 35.5. The fourth-order valence-corrected chi connectivity index (χ4v) is 2.11. The number of unbranched alkanes of at least 4 members (excludes halogenated alkanes) is 3. The minimum atomic E-state index is -0.712. The van der Waals surface area contributed by atoms with Crippen LogP contribution in [0.1, 0.15) is 32.6 Å². The lowest BCUT2D eigenvalue weighted by Gasteiger charge is -2.04. The zero-order valence-electron chi connectivity index (χ0n) is 10.2. The number of carbonyl (C=O) groups is 2. The Balaban J connectivity index is 2.23. The number of halogens is 1. The van der Waals surface area contributed by atoms with Gasteiger partial charge >= 0.3 is 11.8 Å². The predicted octanol–water partition coefficient (Wildman–Crippen LogP) is 2.43. The topological polar surface area (TPSA) is 71.1 Å². The quantitative estimate of drug-likeness (QED) is 0.624. The Bertz CT molecular complexity index is 409. The summed E-state index contributed by atoms with van der Waals surface area (Å²) in [7, 11) is 0. The third-order valence-electron chi connectivity index (χ3n) is 2.22. The molecule has 100 valence electrons. The Morgan fingerprint density at radius 3 is 2.72 bits per heavy atom. The van der Waals surface area contributed by atoms with Gasteiger partial charge in [-0.1, -0.05) is 49.1 Å². The molecular weight excluding hydrogens is 274 g/mol. The SMILES string of the molecule is CCCCCCNC(=O)C(=O)Nc1ncc(Cl)s1. The van der Waals surface area contributed by atoms with Crippen molar-refractivity contribution < 1.29 is 9.59 Å². The standard InChI is InChI=1S/C11H16ClN3O2S/c1-2-3-4-5-6-13-9(16)10(17)15-11-14-7-8(12)18-11/h7H,2-6H2,1H3,(H,13,16)(H,14,15,17). The monoisotopic (exact) mass is 289 g/mol. The molecule has 0 aliphatic heterocycles. The summed E-state index contributed by atoms with van der Waals surface area (Å²) in [6.07, 6.45) is 5.64. The molecule has 0 aliphatic rings. The van der Waals surface area contributed by atoms with Gasteiger partial charge in [0.25, 0.3) is 0 Å². The van der Waals surface area contributed by atoms with E-state index in [0.29, 0.717) is 16.0 Å². The van der Waals surface area contributed by atoms with Crippen molar-refractivity contribution in [3.8, 4) is 0 Å². The molecule has 5 nitrogen and oxygen atoms in total. The van der Waals surface area contributed by atoms with Gasteiger partial charge < -0.3 is 5.32 Å². The summed E-state index contributed by atoms with van der Waals surface area (Å²) in [6.45, 7) is 2.63. The van der Waals surface area contributed by atoms with Gasteiger partial charge in [0.15, 0.2) is 5.13 Å². The van der Waals surface area contributed by atoms with Gasteiger partial charge in [0, 0.05) is 6.54 Å². The highest BCUT2D eigenvalue weighted by Gasteiger charge is 2.14. The number of nitrogens with one attached hydrogen (secondary N) is 2. The van der Waals surface area contributed by atoms with Gasteiger partial charge in [-0.15, -0.1) is 0 Å². The molecule has 0 bridgehead atoms. The number of carbonyl (C=O) groups excluding carboxylic acids is 2. The number of amides is 2. The Hall–Kier alpha value is -1.14. The van der Waals surface area contributed by atoms with E-state index in [1.165, 1.54) is 6.20 Å². The summed E-state index contributed by atoms with van der Waals surface area (Å²) in [5, 5.41) is 5.27. The lowest BCUT2D eigenvalue weighted by Crippen LogP contribution is -2.35. The number of nitrogens with zero attached hydrogens (tertiary/aromatic N) is 1. The highest BCUT2D eigenvalue weighted by molar-refractivity contribution is 7.19. The summed E-state index contributed by atoms with van der Waals surface area (Å²) in [4.78, 5) is 26.7. The molecule has 0 aliphatic carbocycles. The number of anilines is 1. The third-order valence-corrected chi connectivity index (χ3v) is 3.25. The van der Waals surface area contributed by atoms with Crippen LogP contribution in [0.15, 0.2) is 6.20 Å². The normalized spacial score (nSPS) is 10.1. The van der Waals surface area contributed by atoms with E-state index in [9.17, 15) is 9.59 Å². The van der Waals surface area contributed by atoms with Crippen LogP contribution in [0.25, 0.3) is 0 Å². The zero-order valence-corrected chi connectivity index (χ0v) is 11.7. The van der Waals surface area contributed by atoms with Gasteiger partial charge in [-0.05, 0) is 6.42 Å². The van der Waals surface area contributed by atoms with Crippen molar-refractivity contribution in [2.24, 2.45) is 0 Å². The Kier molecular flexibility index (Phi) is 6.67. The maximum absolute atomic E-state index is 11.4. The van der Waals surface area contributed by atoms with Crippen molar-refractivity contribution >= 4 is 39.9 Å². The lowest BCUT2D eigenvalue weighted by atomic mass is 10.2. The summed E-state index contributed by atoms with van der Waals surface area (Å²) >= 11 is 6.77. The molecule has 2 amide bonds. The van der Waals surface area contributed by atoms with Crippen molar-refractivity contribution in [2.45, 2.75) is 32.6 Å². The molecule has 0 spiro atoms. The zero-order chi connectivity index (χ0) is 13.4. The Labute approximate surface area is 115 Å². The number of aromatic nitrogens is 1. The van der Waals surface area contributed by atoms with Crippen LogP contribution in [0.5, 0.6) is 0 Å². The maximum atomic E-state index is 11.4. The van der Waals surface area contributed by atoms with E-state index in [-0.39, 0.29) is 0 Å². The molecule has 1 heterocycles. The molecule has 0 unspecified atom stereocenters. The van der Waals surface area contributed by atoms with Gasteiger partial charge in [-0.2, -0.15) is 0 Å². The molecule has 1 aromatic rings. The van der Waals surface area contributed by atoms with Crippen molar-refractivity contribution in [3.63, 3.8) is 0 Å². The maximum Gasteiger partial charge on any atom is 0.315 e. The lowest BCUT2D eigenvalue weighted by molar-refractivity contribution is -0.136. The third kappa shape index (κ3) is 5.46. The largest absolute Gasteiger partial charge is 0.348 e. The number of hydrogen-bond acceptors (Lipinski definition) is 4. The van der Waals surface area contributed by atoms with Gasteiger partial charge in [0.2, 0.25) is 0 Å². The van der Waals surface area contributed by atoms with Crippen LogP contribution in [0, 0.1) is 0 Å². The second-order valence-electron chi connectivity index (χ2n) is 3.74. The second kappa shape index (κ2) is 8.05. The summed E-state index contributed by atoms with van der Waals surface area (Å²) in [6, 6.07) is 0. The molecule has 0 radical (unpaired) electrons. The molecule has 0 aromatic carbocycles. The van der Waals surface area contributed by atoms with Crippen molar-refractivity contribution in [2.75, 3.05) is 11.9 Å². The number of hydrogen-bond donors (Lipinski definition) is 2. The van der Waals surface area contributed by atoms with Gasteiger partial charge in [-0.3, -0.25) is 14.9 Å². The first-order valence-electron chi connectivity index (χ1n) is 5.84.